The molecule has 0 aliphatic carbocycles. The summed E-state index contributed by atoms with van der Waals surface area (Å²) in [7, 11) is 0. The Balaban J connectivity index is 1.33. The molecular formula is C55H51N3. The van der Waals surface area contributed by atoms with Crippen molar-refractivity contribution < 1.29 is 0 Å². The molecule has 58 heavy (non-hydrogen) atoms. The first-order valence-electron chi connectivity index (χ1n) is 20.2. The molecule has 0 saturated heterocycles. The van der Waals surface area contributed by atoms with E-state index >= 15 is 0 Å². The molecular weight excluding hydrogens is 703 g/mol. The summed E-state index contributed by atoms with van der Waals surface area (Å²) >= 11 is 0. The fourth-order valence-corrected chi connectivity index (χ4v) is 7.54. The smallest absolute Gasteiger partial charge is 0.0488 e. The van der Waals surface area contributed by atoms with Crippen molar-refractivity contribution in [2.75, 3.05) is 9.80 Å². The van der Waals surface area contributed by atoms with Gasteiger partial charge in [-0.15, -0.1) is 0 Å². The summed E-state index contributed by atoms with van der Waals surface area (Å²) in [4.78, 5) is 9.32. The number of anilines is 6. The van der Waals surface area contributed by atoms with Crippen molar-refractivity contribution in [2.45, 2.75) is 52.4 Å². The van der Waals surface area contributed by atoms with E-state index in [0.29, 0.717) is 0 Å². The normalized spacial score (nSPS) is 11.6. The first kappa shape index (κ1) is 38.2. The molecule has 1 aromatic heterocycles. The monoisotopic (exact) mass is 753 g/mol. The number of pyridine rings is 1. The van der Waals surface area contributed by atoms with E-state index < -0.39 is 0 Å². The fourth-order valence-electron chi connectivity index (χ4n) is 7.54. The maximum Gasteiger partial charge on any atom is 0.0488 e. The second-order valence-corrected chi connectivity index (χ2v) is 17.1. The minimum absolute atomic E-state index is 0.0349. The maximum absolute atomic E-state index is 4.56. The Labute approximate surface area is 344 Å². The topological polar surface area (TPSA) is 19.4 Å². The summed E-state index contributed by atoms with van der Waals surface area (Å²) < 4.78 is 0. The van der Waals surface area contributed by atoms with Crippen LogP contribution in [0.2, 0.25) is 0 Å². The Morgan fingerprint density at radius 2 is 0.655 bits per heavy atom. The average Bonchev–Trinajstić information content (AvgIpc) is 3.25. The summed E-state index contributed by atoms with van der Waals surface area (Å²) in [6.07, 6.45) is 3.79. The Bertz CT molecular complexity index is 2400. The number of benzene rings is 7. The van der Waals surface area contributed by atoms with Crippen molar-refractivity contribution in [1.29, 1.82) is 0 Å². The van der Waals surface area contributed by atoms with E-state index in [2.05, 4.69) is 238 Å². The van der Waals surface area contributed by atoms with Gasteiger partial charge in [-0.05, 0) is 123 Å². The van der Waals surface area contributed by atoms with Crippen LogP contribution in [0.1, 0.15) is 52.7 Å². The van der Waals surface area contributed by atoms with Crippen LogP contribution in [0.25, 0.3) is 33.4 Å². The van der Waals surface area contributed by atoms with Gasteiger partial charge in [0.1, 0.15) is 0 Å². The van der Waals surface area contributed by atoms with E-state index in [1.54, 1.807) is 0 Å². The highest BCUT2D eigenvalue weighted by molar-refractivity contribution is 5.88. The van der Waals surface area contributed by atoms with Gasteiger partial charge in [-0.3, -0.25) is 4.98 Å². The number of hydrogen-bond donors (Lipinski definition) is 0. The van der Waals surface area contributed by atoms with Crippen LogP contribution in [0.5, 0.6) is 0 Å². The van der Waals surface area contributed by atoms with Crippen molar-refractivity contribution in [2.24, 2.45) is 0 Å². The lowest BCUT2D eigenvalue weighted by Gasteiger charge is -2.31. The fraction of sp³-hybridized carbons (Fsp3) is 0.145. The van der Waals surface area contributed by atoms with Gasteiger partial charge in [0.2, 0.25) is 0 Å². The highest BCUT2D eigenvalue weighted by atomic mass is 15.2. The predicted octanol–water partition coefficient (Wildman–Crippen LogP) is 15.6. The van der Waals surface area contributed by atoms with Crippen LogP contribution in [0.15, 0.2) is 200 Å². The number of nitrogens with zero attached hydrogens (tertiary/aromatic N) is 3. The molecule has 0 bridgehead atoms. The van der Waals surface area contributed by atoms with Crippen molar-refractivity contribution in [1.82, 2.24) is 4.98 Å². The molecule has 0 unspecified atom stereocenters. The summed E-state index contributed by atoms with van der Waals surface area (Å²) in [5.41, 5.74) is 16.0. The molecule has 3 nitrogen and oxygen atoms in total. The molecule has 286 valence electrons. The molecule has 3 heteroatoms. The van der Waals surface area contributed by atoms with Crippen molar-refractivity contribution >= 4 is 34.1 Å². The van der Waals surface area contributed by atoms with Gasteiger partial charge in [0.15, 0.2) is 0 Å². The summed E-state index contributed by atoms with van der Waals surface area (Å²) in [6.45, 7) is 13.6. The third kappa shape index (κ3) is 8.36. The van der Waals surface area contributed by atoms with Crippen molar-refractivity contribution in [3.8, 4) is 33.4 Å². The molecule has 8 aromatic rings. The van der Waals surface area contributed by atoms with Crippen LogP contribution in [0.4, 0.5) is 34.1 Å². The van der Waals surface area contributed by atoms with Crippen LogP contribution >= 0.6 is 0 Å². The molecule has 1 heterocycles. The standard InChI is InChI=1S/C55H51N3/c1-54(2,3)46-23-31-50(32-24-46)57(48-27-19-42(20-28-48)40-14-9-7-10-15-40)52-36-45(44-18-13-35-56-39-44)37-53(38-52)58(51-33-25-47(26-34-51)55(4,5)6)49-29-21-43(22-30-49)41-16-11-8-12-17-41/h7-39H,1-6H3. The van der Waals surface area contributed by atoms with Gasteiger partial charge in [0.05, 0.1) is 0 Å². The van der Waals surface area contributed by atoms with Crippen LogP contribution in [0, 0.1) is 0 Å². The third-order valence-electron chi connectivity index (χ3n) is 10.9. The third-order valence-corrected chi connectivity index (χ3v) is 10.9. The highest BCUT2D eigenvalue weighted by Gasteiger charge is 2.22. The Morgan fingerprint density at radius 1 is 0.310 bits per heavy atom. The van der Waals surface area contributed by atoms with E-state index in [0.717, 1.165) is 45.3 Å². The number of hydrogen-bond acceptors (Lipinski definition) is 3. The van der Waals surface area contributed by atoms with Gasteiger partial charge in [0.25, 0.3) is 0 Å². The second kappa shape index (κ2) is 16.0. The molecule has 0 saturated carbocycles. The molecule has 0 N–H and O–H groups in total. The Hall–Kier alpha value is -6.71. The number of rotatable bonds is 9. The Morgan fingerprint density at radius 3 is 1.00 bits per heavy atom. The molecule has 0 aliphatic heterocycles. The quantitative estimate of drug-likeness (QED) is 0.146. The Kier molecular flexibility index (Phi) is 10.6. The van der Waals surface area contributed by atoms with Crippen molar-refractivity contribution in [3.05, 3.63) is 212 Å². The lowest BCUT2D eigenvalue weighted by Crippen LogP contribution is -2.15. The molecule has 0 spiro atoms. The largest absolute Gasteiger partial charge is 0.310 e. The zero-order valence-electron chi connectivity index (χ0n) is 34.4. The lowest BCUT2D eigenvalue weighted by atomic mass is 9.87. The molecule has 0 fully saturated rings. The molecule has 8 rings (SSSR count). The number of aromatic nitrogens is 1. The van der Waals surface area contributed by atoms with E-state index in [4.69, 9.17) is 0 Å². The first-order chi connectivity index (χ1) is 28.0. The SMILES string of the molecule is CC(C)(C)c1ccc(N(c2ccc(-c3ccccc3)cc2)c2cc(-c3cccnc3)cc(N(c3ccc(-c4ccccc4)cc3)c3ccc(C(C)(C)C)cc3)c2)cc1. The molecule has 0 amide bonds. The molecule has 0 atom stereocenters. The van der Waals surface area contributed by atoms with Crippen LogP contribution < -0.4 is 9.80 Å². The minimum Gasteiger partial charge on any atom is -0.310 e. The zero-order valence-corrected chi connectivity index (χ0v) is 34.4. The minimum atomic E-state index is 0.0349. The van der Waals surface area contributed by atoms with Gasteiger partial charge < -0.3 is 9.80 Å². The van der Waals surface area contributed by atoms with E-state index in [-0.39, 0.29) is 10.8 Å². The van der Waals surface area contributed by atoms with E-state index in [1.807, 2.05) is 18.5 Å². The van der Waals surface area contributed by atoms with E-state index in [1.165, 1.54) is 33.4 Å². The van der Waals surface area contributed by atoms with Crippen molar-refractivity contribution in [3.63, 3.8) is 0 Å². The van der Waals surface area contributed by atoms with Gasteiger partial charge in [-0.2, -0.15) is 0 Å². The van der Waals surface area contributed by atoms with Gasteiger partial charge in [-0.1, -0.05) is 157 Å². The molecule has 0 radical (unpaired) electrons. The van der Waals surface area contributed by atoms with Crippen LogP contribution in [0.3, 0.4) is 0 Å². The molecule has 0 aliphatic rings. The van der Waals surface area contributed by atoms with E-state index in [9.17, 15) is 0 Å². The zero-order chi connectivity index (χ0) is 40.3. The van der Waals surface area contributed by atoms with Gasteiger partial charge in [-0.25, -0.2) is 0 Å². The van der Waals surface area contributed by atoms with Gasteiger partial charge in [0, 0.05) is 52.1 Å². The van der Waals surface area contributed by atoms with Crippen LogP contribution in [-0.4, -0.2) is 4.98 Å². The average molecular weight is 754 g/mol. The highest BCUT2D eigenvalue weighted by Crippen LogP contribution is 2.44. The summed E-state index contributed by atoms with van der Waals surface area (Å²) in [5.74, 6) is 0. The lowest BCUT2D eigenvalue weighted by molar-refractivity contribution is 0.590. The predicted molar refractivity (Wildman–Crippen MR) is 247 cm³/mol. The maximum atomic E-state index is 4.56. The van der Waals surface area contributed by atoms with Gasteiger partial charge >= 0.3 is 0 Å². The molecule has 7 aromatic carbocycles. The summed E-state index contributed by atoms with van der Waals surface area (Å²) in [5, 5.41) is 0. The summed E-state index contributed by atoms with van der Waals surface area (Å²) in [6, 6.07) is 68.2. The first-order valence-corrected chi connectivity index (χ1v) is 20.2. The van der Waals surface area contributed by atoms with Crippen LogP contribution in [-0.2, 0) is 10.8 Å². The second-order valence-electron chi connectivity index (χ2n) is 17.1.